The van der Waals surface area contributed by atoms with Crippen molar-refractivity contribution in [1.82, 2.24) is 9.97 Å². The second-order valence-electron chi connectivity index (χ2n) is 7.14. The van der Waals surface area contributed by atoms with Gasteiger partial charge in [0.15, 0.2) is 11.6 Å². The third-order valence-corrected chi connectivity index (χ3v) is 5.41. The van der Waals surface area contributed by atoms with Crippen molar-refractivity contribution in [2.75, 3.05) is 0 Å². The Labute approximate surface area is 221 Å². The second-order valence-corrected chi connectivity index (χ2v) is 8.32. The summed E-state index contributed by atoms with van der Waals surface area (Å²) >= 11 is 17.7. The van der Waals surface area contributed by atoms with E-state index < -0.39 is 50.3 Å². The lowest BCUT2D eigenvalue weighted by Crippen LogP contribution is -2.42. The van der Waals surface area contributed by atoms with E-state index in [-0.39, 0.29) is 28.2 Å². The minimum atomic E-state index is -4.64. The van der Waals surface area contributed by atoms with E-state index in [1.165, 1.54) is 6.92 Å². The molecule has 0 fully saturated rings. The van der Waals surface area contributed by atoms with E-state index in [1.807, 2.05) is 0 Å². The lowest BCUT2D eigenvalue weighted by molar-refractivity contribution is -0.386. The van der Waals surface area contributed by atoms with Gasteiger partial charge < -0.3 is 9.47 Å². The largest absolute Gasteiger partial charge is 0.456 e. The molecule has 0 aliphatic heterocycles. The Balaban J connectivity index is 2.11. The smallest absolute Gasteiger partial charge is 0.416 e. The number of benzene rings is 2. The van der Waals surface area contributed by atoms with Gasteiger partial charge in [-0.25, -0.2) is 9.97 Å². The van der Waals surface area contributed by atoms with Crippen molar-refractivity contribution >= 4 is 46.3 Å². The van der Waals surface area contributed by atoms with E-state index in [4.69, 9.17) is 44.3 Å². The summed E-state index contributed by atoms with van der Waals surface area (Å²) in [6.45, 7) is 1.41. The first kappa shape index (κ1) is 27.9. The number of alkyl halides is 3. The Morgan fingerprint density at radius 3 is 2.24 bits per heavy atom. The first-order chi connectivity index (χ1) is 17.3. The third kappa shape index (κ3) is 6.02. The molecule has 1 unspecified atom stereocenters. The van der Waals surface area contributed by atoms with Crippen LogP contribution < -0.4 is 9.47 Å². The van der Waals surface area contributed by atoms with Gasteiger partial charge in [0, 0.05) is 24.6 Å². The molecule has 0 saturated carbocycles. The van der Waals surface area contributed by atoms with Gasteiger partial charge in [-0.05, 0) is 24.3 Å². The molecule has 0 spiro atoms. The number of ether oxygens (including phenoxy) is 2. The van der Waals surface area contributed by atoms with Gasteiger partial charge in [-0.3, -0.25) is 14.9 Å². The van der Waals surface area contributed by atoms with E-state index in [9.17, 15) is 33.3 Å². The Bertz CT molecular complexity index is 1410. The van der Waals surface area contributed by atoms with Gasteiger partial charge >= 0.3 is 17.5 Å². The maximum atomic E-state index is 12.9. The minimum absolute atomic E-state index is 0.178. The van der Waals surface area contributed by atoms with E-state index in [2.05, 4.69) is 9.97 Å². The molecule has 9 nitrogen and oxygen atoms in total. The van der Waals surface area contributed by atoms with Crippen molar-refractivity contribution < 1.29 is 32.4 Å². The molecule has 1 aromatic heterocycles. The summed E-state index contributed by atoms with van der Waals surface area (Å²) in [6.07, 6.45) is -4.92. The van der Waals surface area contributed by atoms with E-state index in [0.29, 0.717) is 6.07 Å². The number of nitriles is 1. The van der Waals surface area contributed by atoms with Crippen molar-refractivity contribution in [2.45, 2.75) is 25.1 Å². The number of ketones is 1. The molecule has 0 aliphatic carbocycles. The molecule has 192 valence electrons. The number of nitrogens with zero attached hydrogens (tertiary/aromatic N) is 4. The minimum Gasteiger partial charge on any atom is -0.456 e. The number of rotatable bonds is 8. The molecule has 1 atom stereocenters. The van der Waals surface area contributed by atoms with E-state index in [0.717, 1.165) is 36.4 Å². The Hall–Kier alpha value is -3.66. The zero-order valence-corrected chi connectivity index (χ0v) is 20.6. The number of carbonyl (C=O) groups is 1. The molecule has 3 aromatic rings. The monoisotopic (exact) mass is 574 g/mol. The topological polar surface area (TPSA) is 128 Å². The highest BCUT2D eigenvalue weighted by Crippen LogP contribution is 2.41. The molecule has 0 N–H and O–H groups in total. The quantitative estimate of drug-likeness (QED) is 0.161. The highest BCUT2D eigenvalue weighted by molar-refractivity contribution is 6.33. The summed E-state index contributed by atoms with van der Waals surface area (Å²) in [5.74, 6) is -2.45. The van der Waals surface area contributed by atoms with Crippen molar-refractivity contribution in [3.05, 3.63) is 79.3 Å². The molecule has 0 saturated heterocycles. The number of aromatic nitrogens is 2. The van der Waals surface area contributed by atoms with Crippen molar-refractivity contribution in [2.24, 2.45) is 0 Å². The standard InChI is InChI=1S/C22H12Cl3F3N4O5/c1-2-17(33)21(10-29,20-30-18(24)9-19(25)31-20)37-16-8-12(4-5-14(16)32(34)35)36-15-6-3-11(7-13(15)23)22(26,27)28/h3-9H,2H2,1H3. The number of carbonyl (C=O) groups excluding carboxylic acids is 1. The van der Waals surface area contributed by atoms with Crippen LogP contribution in [0.2, 0.25) is 15.3 Å². The molecule has 15 heteroatoms. The number of nitro groups is 1. The summed E-state index contributed by atoms with van der Waals surface area (Å²) in [7, 11) is 0. The second kappa shape index (κ2) is 10.8. The highest BCUT2D eigenvalue weighted by atomic mass is 35.5. The average Bonchev–Trinajstić information content (AvgIpc) is 2.82. The van der Waals surface area contributed by atoms with Gasteiger partial charge in [0.05, 0.1) is 15.5 Å². The predicted molar refractivity (Wildman–Crippen MR) is 125 cm³/mol. The maximum Gasteiger partial charge on any atom is 0.416 e. The van der Waals surface area contributed by atoms with Crippen LogP contribution in [0, 0.1) is 21.4 Å². The molecule has 1 heterocycles. The lowest BCUT2D eigenvalue weighted by Gasteiger charge is -2.25. The maximum absolute atomic E-state index is 12.9. The van der Waals surface area contributed by atoms with Crippen LogP contribution >= 0.6 is 34.8 Å². The molecular weight excluding hydrogens is 564 g/mol. The van der Waals surface area contributed by atoms with Crippen LogP contribution in [-0.4, -0.2) is 20.7 Å². The van der Waals surface area contributed by atoms with Crippen LogP contribution in [0.4, 0.5) is 18.9 Å². The Kier molecular flexibility index (Phi) is 8.12. The van der Waals surface area contributed by atoms with Crippen molar-refractivity contribution in [1.29, 1.82) is 5.26 Å². The zero-order valence-electron chi connectivity index (χ0n) is 18.3. The normalized spacial score (nSPS) is 12.8. The average molecular weight is 576 g/mol. The summed E-state index contributed by atoms with van der Waals surface area (Å²) in [4.78, 5) is 31.4. The van der Waals surface area contributed by atoms with E-state index >= 15 is 0 Å². The predicted octanol–water partition coefficient (Wildman–Crippen LogP) is 6.93. The van der Waals surface area contributed by atoms with Crippen molar-refractivity contribution in [3.63, 3.8) is 0 Å². The number of hydrogen-bond donors (Lipinski definition) is 0. The van der Waals surface area contributed by atoms with Gasteiger partial charge in [0.25, 0.3) is 0 Å². The summed E-state index contributed by atoms with van der Waals surface area (Å²) in [5, 5.41) is 20.8. The fraction of sp³-hybridized carbons (Fsp3) is 0.182. The number of Topliss-reactive ketones (excluding diaryl/α,β-unsaturated/α-hetero) is 1. The van der Waals surface area contributed by atoms with Crippen LogP contribution in [0.3, 0.4) is 0 Å². The van der Waals surface area contributed by atoms with Crippen LogP contribution in [-0.2, 0) is 16.6 Å². The Morgan fingerprint density at radius 2 is 1.73 bits per heavy atom. The molecule has 2 aromatic carbocycles. The third-order valence-electron chi connectivity index (χ3n) is 4.73. The van der Waals surface area contributed by atoms with Crippen LogP contribution in [0.25, 0.3) is 0 Å². The van der Waals surface area contributed by atoms with Gasteiger partial charge in [0.1, 0.15) is 27.9 Å². The first-order valence-electron chi connectivity index (χ1n) is 9.98. The molecule has 37 heavy (non-hydrogen) atoms. The molecule has 0 aliphatic rings. The fourth-order valence-electron chi connectivity index (χ4n) is 3.00. The van der Waals surface area contributed by atoms with Crippen LogP contribution in [0.15, 0.2) is 42.5 Å². The van der Waals surface area contributed by atoms with Crippen LogP contribution in [0.1, 0.15) is 24.7 Å². The SMILES string of the molecule is CCC(=O)C(C#N)(Oc1cc(Oc2ccc(C(F)(F)F)cc2Cl)ccc1[N+](=O)[O-])c1nc(Cl)cc(Cl)n1. The summed E-state index contributed by atoms with van der Waals surface area (Å²) in [6, 6.07) is 8.10. The molecule has 3 rings (SSSR count). The van der Waals surface area contributed by atoms with Crippen molar-refractivity contribution in [3.8, 4) is 23.3 Å². The van der Waals surface area contributed by atoms with Gasteiger partial charge in [-0.15, -0.1) is 0 Å². The van der Waals surface area contributed by atoms with Gasteiger partial charge in [-0.2, -0.15) is 18.4 Å². The van der Waals surface area contributed by atoms with E-state index in [1.54, 1.807) is 6.07 Å². The van der Waals surface area contributed by atoms with Gasteiger partial charge in [-0.1, -0.05) is 41.7 Å². The number of hydrogen-bond acceptors (Lipinski definition) is 8. The fourth-order valence-corrected chi connectivity index (χ4v) is 3.64. The highest BCUT2D eigenvalue weighted by Gasteiger charge is 2.47. The zero-order chi connectivity index (χ0) is 27.5. The Morgan fingerprint density at radius 1 is 1.08 bits per heavy atom. The number of halogens is 6. The first-order valence-corrected chi connectivity index (χ1v) is 11.1. The summed E-state index contributed by atoms with van der Waals surface area (Å²) in [5.41, 5.74) is -4.30. The lowest BCUT2D eigenvalue weighted by atomic mass is 9.96. The molecule has 0 amide bonds. The van der Waals surface area contributed by atoms with Gasteiger partial charge in [0.2, 0.25) is 5.75 Å². The number of nitro benzene ring substituents is 1. The molecule has 0 radical (unpaired) electrons. The van der Waals surface area contributed by atoms with Crippen LogP contribution in [0.5, 0.6) is 17.2 Å². The molecule has 0 bridgehead atoms. The molecular formula is C22H12Cl3F3N4O5. The summed E-state index contributed by atoms with van der Waals surface area (Å²) < 4.78 is 49.8.